The van der Waals surface area contributed by atoms with Crippen molar-refractivity contribution in [1.29, 1.82) is 0 Å². The van der Waals surface area contributed by atoms with E-state index in [4.69, 9.17) is 0 Å². The van der Waals surface area contributed by atoms with Crippen LogP contribution in [0.3, 0.4) is 0 Å². The molecule has 7 heteroatoms. The molecule has 0 fully saturated rings. The molecule has 2 amide bonds. The molecule has 2 aromatic heterocycles. The number of carbonyl (C=O) groups excluding carboxylic acids is 2. The van der Waals surface area contributed by atoms with Crippen molar-refractivity contribution < 1.29 is 9.59 Å². The van der Waals surface area contributed by atoms with Gasteiger partial charge in [-0.25, -0.2) is 0 Å². The summed E-state index contributed by atoms with van der Waals surface area (Å²) in [7, 11) is 1.75. The number of hydrogen-bond donors (Lipinski definition) is 2. The summed E-state index contributed by atoms with van der Waals surface area (Å²) in [6, 6.07) is 5.49. The summed E-state index contributed by atoms with van der Waals surface area (Å²) in [5.41, 5.74) is 1.29. The van der Waals surface area contributed by atoms with Crippen LogP contribution in [0.4, 0.5) is 0 Å². The van der Waals surface area contributed by atoms with Gasteiger partial charge in [0, 0.05) is 44.6 Å². The second-order valence-corrected chi connectivity index (χ2v) is 7.47. The third-order valence-corrected chi connectivity index (χ3v) is 4.22. The van der Waals surface area contributed by atoms with Crippen molar-refractivity contribution >= 4 is 11.8 Å². The number of carbonyl (C=O) groups is 2. The molecular weight excluding hydrogens is 330 g/mol. The van der Waals surface area contributed by atoms with Gasteiger partial charge in [-0.15, -0.1) is 0 Å². The number of pyridine rings is 1. The van der Waals surface area contributed by atoms with Gasteiger partial charge in [0.15, 0.2) is 0 Å². The van der Waals surface area contributed by atoms with Gasteiger partial charge < -0.3 is 10.2 Å². The summed E-state index contributed by atoms with van der Waals surface area (Å²) < 4.78 is 0. The Kier molecular flexibility index (Phi) is 6.49. The summed E-state index contributed by atoms with van der Waals surface area (Å²) in [5, 5.41) is 9.49. The highest BCUT2D eigenvalue weighted by Gasteiger charge is 2.25. The van der Waals surface area contributed by atoms with Gasteiger partial charge in [-0.1, -0.05) is 20.8 Å². The Morgan fingerprint density at radius 3 is 2.54 bits per heavy atom. The molecule has 0 saturated carbocycles. The predicted molar refractivity (Wildman–Crippen MR) is 99.4 cm³/mol. The fourth-order valence-corrected chi connectivity index (χ4v) is 2.82. The lowest BCUT2D eigenvalue weighted by molar-refractivity contribution is -0.124. The Bertz CT molecular complexity index is 713. The first kappa shape index (κ1) is 19.6. The average Bonchev–Trinajstić information content (AvgIpc) is 3.14. The molecule has 140 valence electrons. The zero-order valence-electron chi connectivity index (χ0n) is 15.8. The molecule has 1 unspecified atom stereocenters. The summed E-state index contributed by atoms with van der Waals surface area (Å²) in [6.07, 6.45) is 5.69. The highest BCUT2D eigenvalue weighted by Crippen LogP contribution is 2.17. The molecule has 0 spiro atoms. The van der Waals surface area contributed by atoms with Gasteiger partial charge in [-0.3, -0.25) is 19.7 Å². The van der Waals surface area contributed by atoms with E-state index in [2.05, 4.69) is 20.5 Å². The molecule has 7 nitrogen and oxygen atoms in total. The quantitative estimate of drug-likeness (QED) is 0.755. The topological polar surface area (TPSA) is 91.0 Å². The van der Waals surface area contributed by atoms with Crippen LogP contribution in [0.1, 0.15) is 36.8 Å². The minimum atomic E-state index is -0.253. The summed E-state index contributed by atoms with van der Waals surface area (Å²) >= 11 is 0. The zero-order valence-corrected chi connectivity index (χ0v) is 15.8. The molecule has 0 radical (unpaired) electrons. The van der Waals surface area contributed by atoms with Crippen molar-refractivity contribution in [1.82, 2.24) is 25.4 Å². The molecule has 2 N–H and O–H groups in total. The largest absolute Gasteiger partial charge is 0.355 e. The number of hydrogen-bond acceptors (Lipinski definition) is 4. The van der Waals surface area contributed by atoms with Crippen LogP contribution in [0.5, 0.6) is 0 Å². The third-order valence-electron chi connectivity index (χ3n) is 4.22. The van der Waals surface area contributed by atoms with Gasteiger partial charge in [0.2, 0.25) is 5.91 Å². The van der Waals surface area contributed by atoms with E-state index >= 15 is 0 Å². The van der Waals surface area contributed by atoms with E-state index in [1.165, 1.54) is 0 Å². The first-order valence-electron chi connectivity index (χ1n) is 8.70. The Morgan fingerprint density at radius 1 is 1.23 bits per heavy atom. The van der Waals surface area contributed by atoms with Crippen LogP contribution in [0.25, 0.3) is 0 Å². The monoisotopic (exact) mass is 357 g/mol. The Labute approximate surface area is 154 Å². The molecule has 0 bridgehead atoms. The maximum atomic E-state index is 12.4. The van der Waals surface area contributed by atoms with Crippen LogP contribution in [-0.4, -0.2) is 52.0 Å². The van der Waals surface area contributed by atoms with Crippen LogP contribution >= 0.6 is 0 Å². The SMILES string of the molecule is CC(Cc1ccncc1)C(=O)NCC(C)(C)CN(C)C(=O)c1ccn[nH]1. The normalized spacial score (nSPS) is 12.5. The van der Waals surface area contributed by atoms with Crippen LogP contribution in [-0.2, 0) is 11.2 Å². The maximum absolute atomic E-state index is 12.4. The Hall–Kier alpha value is -2.70. The summed E-state index contributed by atoms with van der Waals surface area (Å²) in [4.78, 5) is 30.3. The van der Waals surface area contributed by atoms with E-state index in [0.717, 1.165) is 5.56 Å². The van der Waals surface area contributed by atoms with Gasteiger partial charge in [0.05, 0.1) is 0 Å². The molecule has 2 heterocycles. The minimum Gasteiger partial charge on any atom is -0.355 e. The van der Waals surface area contributed by atoms with E-state index in [-0.39, 0.29) is 23.1 Å². The lowest BCUT2D eigenvalue weighted by atomic mass is 9.92. The molecule has 0 aromatic carbocycles. The van der Waals surface area contributed by atoms with E-state index in [0.29, 0.717) is 25.2 Å². The van der Waals surface area contributed by atoms with Gasteiger partial charge in [0.1, 0.15) is 5.69 Å². The van der Waals surface area contributed by atoms with E-state index in [1.54, 1.807) is 36.6 Å². The van der Waals surface area contributed by atoms with Crippen molar-refractivity contribution in [2.75, 3.05) is 20.1 Å². The standard InChI is InChI=1S/C19H27N5O2/c1-14(11-15-5-8-20-9-6-15)17(25)21-12-19(2,3)13-24(4)18(26)16-7-10-22-23-16/h5-10,14H,11-13H2,1-4H3,(H,21,25)(H,22,23). The molecule has 26 heavy (non-hydrogen) atoms. The molecule has 0 saturated heterocycles. The second-order valence-electron chi connectivity index (χ2n) is 7.47. The van der Waals surface area contributed by atoms with Crippen LogP contribution < -0.4 is 5.32 Å². The lowest BCUT2D eigenvalue weighted by Gasteiger charge is -2.30. The van der Waals surface area contributed by atoms with Crippen molar-refractivity contribution in [3.63, 3.8) is 0 Å². The van der Waals surface area contributed by atoms with Gasteiger partial charge in [-0.2, -0.15) is 5.10 Å². The molecule has 0 aliphatic rings. The van der Waals surface area contributed by atoms with Crippen LogP contribution in [0.15, 0.2) is 36.8 Å². The Balaban J connectivity index is 1.82. The van der Waals surface area contributed by atoms with Gasteiger partial charge in [-0.05, 0) is 35.6 Å². The predicted octanol–water partition coefficient (Wildman–Crippen LogP) is 1.90. The van der Waals surface area contributed by atoms with E-state index in [1.807, 2.05) is 32.9 Å². The second kappa shape index (κ2) is 8.60. The molecule has 2 rings (SSSR count). The number of nitrogens with one attached hydrogen (secondary N) is 2. The van der Waals surface area contributed by atoms with Gasteiger partial charge >= 0.3 is 0 Å². The van der Waals surface area contributed by atoms with Gasteiger partial charge in [0.25, 0.3) is 5.91 Å². The fourth-order valence-electron chi connectivity index (χ4n) is 2.82. The van der Waals surface area contributed by atoms with Crippen LogP contribution in [0, 0.1) is 11.3 Å². The number of nitrogens with zero attached hydrogens (tertiary/aromatic N) is 3. The molecular formula is C19H27N5O2. The number of amides is 2. The first-order chi connectivity index (χ1) is 12.3. The van der Waals surface area contributed by atoms with Crippen LogP contribution in [0.2, 0.25) is 0 Å². The van der Waals surface area contributed by atoms with Crippen molar-refractivity contribution in [2.24, 2.45) is 11.3 Å². The summed E-state index contributed by atoms with van der Waals surface area (Å²) in [5.74, 6) is -0.233. The molecule has 2 aromatic rings. The lowest BCUT2D eigenvalue weighted by Crippen LogP contribution is -2.44. The van der Waals surface area contributed by atoms with E-state index in [9.17, 15) is 9.59 Å². The molecule has 1 atom stereocenters. The molecule has 0 aliphatic carbocycles. The zero-order chi connectivity index (χ0) is 19.2. The summed E-state index contributed by atoms with van der Waals surface area (Å²) in [6.45, 7) is 6.97. The van der Waals surface area contributed by atoms with Crippen molar-refractivity contribution in [2.45, 2.75) is 27.2 Å². The highest BCUT2D eigenvalue weighted by molar-refractivity contribution is 5.92. The minimum absolute atomic E-state index is 0.0115. The Morgan fingerprint density at radius 2 is 1.92 bits per heavy atom. The van der Waals surface area contributed by atoms with E-state index < -0.39 is 0 Å². The number of rotatable bonds is 8. The maximum Gasteiger partial charge on any atom is 0.271 e. The van der Waals surface area contributed by atoms with Crippen molar-refractivity contribution in [3.8, 4) is 0 Å². The smallest absolute Gasteiger partial charge is 0.271 e. The van der Waals surface area contributed by atoms with Crippen molar-refractivity contribution in [3.05, 3.63) is 48.0 Å². The number of aromatic nitrogens is 3. The fraction of sp³-hybridized carbons (Fsp3) is 0.474. The highest BCUT2D eigenvalue weighted by atomic mass is 16.2. The average molecular weight is 357 g/mol. The number of H-pyrrole nitrogens is 1. The molecule has 0 aliphatic heterocycles. The number of aromatic amines is 1. The third kappa shape index (κ3) is 5.68. The first-order valence-corrected chi connectivity index (χ1v) is 8.70.